The summed E-state index contributed by atoms with van der Waals surface area (Å²) in [7, 11) is 0. The van der Waals surface area contributed by atoms with Crippen molar-refractivity contribution in [3.05, 3.63) is 29.3 Å². The van der Waals surface area contributed by atoms with Gasteiger partial charge in [-0.1, -0.05) is 6.07 Å². The van der Waals surface area contributed by atoms with Crippen LogP contribution < -0.4 is 10.1 Å². The molecule has 1 fully saturated rings. The number of hydrogen-bond donors (Lipinski definition) is 2. The van der Waals surface area contributed by atoms with E-state index in [2.05, 4.69) is 5.32 Å². The quantitative estimate of drug-likeness (QED) is 0.859. The van der Waals surface area contributed by atoms with Gasteiger partial charge in [0.1, 0.15) is 5.75 Å². The van der Waals surface area contributed by atoms with Crippen LogP contribution in [0.2, 0.25) is 0 Å². The fourth-order valence-corrected chi connectivity index (χ4v) is 3.06. The Balaban J connectivity index is 1.65. The molecule has 0 aliphatic carbocycles. The number of carbonyl (C=O) groups excluding carboxylic acids is 1. The molecule has 1 aromatic carbocycles. The molecule has 0 unspecified atom stereocenters. The first-order valence-electron chi connectivity index (χ1n) is 7.62. The second kappa shape index (κ2) is 6.36. The maximum Gasteiger partial charge on any atom is 0.341 e. The number of carbonyl (C=O) groups is 2. The molecule has 2 heterocycles. The van der Waals surface area contributed by atoms with Crippen molar-refractivity contribution in [3.8, 4) is 5.75 Å². The third-order valence-corrected chi connectivity index (χ3v) is 4.22. The summed E-state index contributed by atoms with van der Waals surface area (Å²) < 4.78 is 5.19. The highest BCUT2D eigenvalue weighted by atomic mass is 16.5. The Hall–Kier alpha value is -2.08. The largest absolute Gasteiger partial charge is 0.482 e. The van der Waals surface area contributed by atoms with Crippen molar-refractivity contribution in [3.63, 3.8) is 0 Å². The molecular formula is C16H20N2O4. The lowest BCUT2D eigenvalue weighted by Crippen LogP contribution is -2.48. The molecular weight excluding hydrogens is 284 g/mol. The van der Waals surface area contributed by atoms with Gasteiger partial charge in [-0.05, 0) is 42.5 Å². The highest BCUT2D eigenvalue weighted by Crippen LogP contribution is 2.23. The molecule has 118 valence electrons. The number of rotatable bonds is 4. The molecule has 0 bridgehead atoms. The van der Waals surface area contributed by atoms with Gasteiger partial charge in [-0.2, -0.15) is 0 Å². The average molecular weight is 304 g/mol. The Morgan fingerprint density at radius 3 is 2.77 bits per heavy atom. The van der Waals surface area contributed by atoms with Gasteiger partial charge in [0.2, 0.25) is 5.91 Å². The van der Waals surface area contributed by atoms with Crippen molar-refractivity contribution in [1.82, 2.24) is 10.2 Å². The van der Waals surface area contributed by atoms with Crippen molar-refractivity contribution in [2.75, 3.05) is 19.7 Å². The van der Waals surface area contributed by atoms with E-state index in [-0.39, 0.29) is 18.6 Å². The van der Waals surface area contributed by atoms with Crippen molar-refractivity contribution in [2.24, 2.45) is 0 Å². The van der Waals surface area contributed by atoms with E-state index in [4.69, 9.17) is 9.84 Å². The minimum atomic E-state index is -0.993. The molecule has 2 N–H and O–H groups in total. The van der Waals surface area contributed by atoms with Gasteiger partial charge < -0.3 is 20.1 Å². The lowest BCUT2D eigenvalue weighted by Gasteiger charge is -2.29. The van der Waals surface area contributed by atoms with Crippen LogP contribution in [0.1, 0.15) is 24.0 Å². The summed E-state index contributed by atoms with van der Waals surface area (Å²) in [4.78, 5) is 24.9. The van der Waals surface area contributed by atoms with Crippen LogP contribution in [0.15, 0.2) is 18.2 Å². The Bertz CT molecular complexity index is 582. The van der Waals surface area contributed by atoms with Crippen LogP contribution in [0.25, 0.3) is 0 Å². The van der Waals surface area contributed by atoms with E-state index in [1.54, 1.807) is 6.07 Å². The lowest BCUT2D eigenvalue weighted by atomic mass is 9.95. The van der Waals surface area contributed by atoms with E-state index in [1.807, 2.05) is 17.0 Å². The maximum absolute atomic E-state index is 12.4. The molecule has 0 saturated carbocycles. The van der Waals surface area contributed by atoms with Crippen LogP contribution in [-0.4, -0.2) is 47.6 Å². The van der Waals surface area contributed by atoms with Crippen molar-refractivity contribution >= 4 is 11.9 Å². The first-order valence-corrected chi connectivity index (χ1v) is 7.62. The van der Waals surface area contributed by atoms with Gasteiger partial charge in [-0.15, -0.1) is 0 Å². The number of benzene rings is 1. The molecule has 2 aliphatic heterocycles. The van der Waals surface area contributed by atoms with Crippen LogP contribution in [0.4, 0.5) is 0 Å². The van der Waals surface area contributed by atoms with Gasteiger partial charge in [0.15, 0.2) is 6.61 Å². The Labute approximate surface area is 129 Å². The van der Waals surface area contributed by atoms with E-state index in [0.29, 0.717) is 18.7 Å². The van der Waals surface area contributed by atoms with E-state index in [1.165, 1.54) is 0 Å². The zero-order valence-electron chi connectivity index (χ0n) is 12.4. The number of aliphatic carboxylic acids is 1. The first-order chi connectivity index (χ1) is 10.6. The number of nitrogens with one attached hydrogen (secondary N) is 1. The fraction of sp³-hybridized carbons (Fsp3) is 0.500. The van der Waals surface area contributed by atoms with Crippen LogP contribution in [0.5, 0.6) is 5.75 Å². The summed E-state index contributed by atoms with van der Waals surface area (Å²) in [5.74, 6) is -0.256. The fourth-order valence-electron chi connectivity index (χ4n) is 3.06. The predicted octanol–water partition coefficient (Wildman–Crippen LogP) is 0.787. The number of carboxylic acids is 1. The number of likely N-dealkylation sites (tertiary alicyclic amines) is 1. The standard InChI is InChI=1S/C16H20N2O4/c19-15(20)10-22-13-4-3-11-8-14(17-9-12(11)7-13)16(21)18-5-1-2-6-18/h3-4,7,14,17H,1-2,5-6,8-10H2,(H,19,20)/t14-/m0/s1. The summed E-state index contributed by atoms with van der Waals surface area (Å²) in [6, 6.07) is 5.39. The number of fused-ring (bicyclic) bond motifs is 1. The predicted molar refractivity (Wildman–Crippen MR) is 79.7 cm³/mol. The average Bonchev–Trinajstić information content (AvgIpc) is 3.06. The van der Waals surface area contributed by atoms with Gasteiger partial charge in [0.05, 0.1) is 6.04 Å². The SMILES string of the molecule is O=C(O)COc1ccc2c(c1)CN[C@H](C(=O)N1CCCC1)C2. The Kier molecular flexibility index (Phi) is 4.29. The van der Waals surface area contributed by atoms with Crippen molar-refractivity contribution < 1.29 is 19.4 Å². The highest BCUT2D eigenvalue weighted by molar-refractivity contribution is 5.82. The zero-order valence-corrected chi connectivity index (χ0v) is 12.4. The van der Waals surface area contributed by atoms with Gasteiger partial charge in [0, 0.05) is 19.6 Å². The summed E-state index contributed by atoms with van der Waals surface area (Å²) in [6.07, 6.45) is 2.86. The topological polar surface area (TPSA) is 78.9 Å². The molecule has 3 rings (SSSR count). The molecule has 0 radical (unpaired) electrons. The van der Waals surface area contributed by atoms with E-state index in [9.17, 15) is 9.59 Å². The molecule has 0 spiro atoms. The van der Waals surface area contributed by atoms with Gasteiger partial charge >= 0.3 is 5.97 Å². The molecule has 1 aromatic rings. The summed E-state index contributed by atoms with van der Waals surface area (Å²) in [5, 5.41) is 11.9. The molecule has 1 saturated heterocycles. The van der Waals surface area contributed by atoms with E-state index < -0.39 is 5.97 Å². The number of nitrogens with zero attached hydrogens (tertiary/aromatic N) is 1. The minimum absolute atomic E-state index is 0.156. The summed E-state index contributed by atoms with van der Waals surface area (Å²) in [5.41, 5.74) is 2.19. The monoisotopic (exact) mass is 304 g/mol. The molecule has 0 aromatic heterocycles. The maximum atomic E-state index is 12.4. The van der Waals surface area contributed by atoms with Crippen molar-refractivity contribution in [2.45, 2.75) is 31.8 Å². The highest BCUT2D eigenvalue weighted by Gasteiger charge is 2.29. The van der Waals surface area contributed by atoms with Crippen LogP contribution in [0.3, 0.4) is 0 Å². The lowest BCUT2D eigenvalue weighted by molar-refractivity contribution is -0.139. The molecule has 6 heteroatoms. The normalized spacial score (nSPS) is 20.5. The van der Waals surface area contributed by atoms with Gasteiger partial charge in [-0.3, -0.25) is 4.79 Å². The number of ether oxygens (including phenoxy) is 1. The van der Waals surface area contributed by atoms with Gasteiger partial charge in [0.25, 0.3) is 0 Å². The third-order valence-electron chi connectivity index (χ3n) is 4.22. The van der Waals surface area contributed by atoms with E-state index >= 15 is 0 Å². The van der Waals surface area contributed by atoms with Crippen molar-refractivity contribution in [1.29, 1.82) is 0 Å². The molecule has 1 atom stereocenters. The summed E-state index contributed by atoms with van der Waals surface area (Å²) in [6.45, 7) is 1.99. The van der Waals surface area contributed by atoms with E-state index in [0.717, 1.165) is 37.1 Å². The zero-order chi connectivity index (χ0) is 15.5. The first kappa shape index (κ1) is 14.8. The molecule has 2 aliphatic rings. The molecule has 1 amide bonds. The minimum Gasteiger partial charge on any atom is -0.482 e. The third kappa shape index (κ3) is 3.22. The van der Waals surface area contributed by atoms with Gasteiger partial charge in [-0.25, -0.2) is 4.79 Å². The van der Waals surface area contributed by atoms with Crippen LogP contribution >= 0.6 is 0 Å². The number of amides is 1. The Morgan fingerprint density at radius 1 is 1.27 bits per heavy atom. The summed E-state index contributed by atoms with van der Waals surface area (Å²) >= 11 is 0. The number of hydrogen-bond acceptors (Lipinski definition) is 4. The Morgan fingerprint density at radius 2 is 2.05 bits per heavy atom. The number of carboxylic acid groups (broad SMARTS) is 1. The van der Waals surface area contributed by atoms with Crippen LogP contribution in [-0.2, 0) is 22.6 Å². The smallest absolute Gasteiger partial charge is 0.341 e. The molecule has 22 heavy (non-hydrogen) atoms. The second-order valence-electron chi connectivity index (χ2n) is 5.78. The molecule has 6 nitrogen and oxygen atoms in total. The second-order valence-corrected chi connectivity index (χ2v) is 5.78. The van der Waals surface area contributed by atoms with Crippen LogP contribution in [0, 0.1) is 0 Å².